The highest BCUT2D eigenvalue weighted by Gasteiger charge is 2.22. The molecule has 0 saturated heterocycles. The van der Waals surface area contributed by atoms with E-state index in [0.29, 0.717) is 41.0 Å². The molecule has 0 aliphatic carbocycles. The summed E-state index contributed by atoms with van der Waals surface area (Å²) in [5.41, 5.74) is 3.24. The fraction of sp³-hybridized carbons (Fsp3) is 0.0435. The van der Waals surface area contributed by atoms with E-state index in [9.17, 15) is 4.79 Å². The van der Waals surface area contributed by atoms with Crippen molar-refractivity contribution in [1.82, 2.24) is 9.55 Å². The Hall–Kier alpha value is -3.37. The van der Waals surface area contributed by atoms with Crippen LogP contribution in [-0.2, 0) is 11.3 Å². The maximum Gasteiger partial charge on any atom is 0.299 e. The molecule has 0 aliphatic heterocycles. The van der Waals surface area contributed by atoms with Gasteiger partial charge in [-0.3, -0.25) is 9.36 Å². The Morgan fingerprint density at radius 3 is 2.21 bits per heavy atom. The van der Waals surface area contributed by atoms with Crippen molar-refractivity contribution in [2.75, 3.05) is 0 Å². The second kappa shape index (κ2) is 8.11. The summed E-state index contributed by atoms with van der Waals surface area (Å²) in [5.74, 6) is 1.07. The van der Waals surface area contributed by atoms with Crippen LogP contribution >= 0.6 is 11.6 Å². The first-order chi connectivity index (χ1) is 13.8. The molecule has 0 radical (unpaired) electrons. The fourth-order valence-corrected chi connectivity index (χ4v) is 3.38. The molecule has 1 heterocycles. The lowest BCUT2D eigenvalue weighted by Crippen LogP contribution is -2.06. The van der Waals surface area contributed by atoms with Gasteiger partial charge in [0.2, 0.25) is 5.88 Å². The molecular weight excluding hydrogens is 372 g/mol. The largest absolute Gasteiger partial charge is 0.409 e. The highest BCUT2D eigenvalue weighted by molar-refractivity contribution is 6.33. The normalized spacial score (nSPS) is 10.6. The molecule has 4 nitrogen and oxygen atoms in total. The zero-order valence-electron chi connectivity index (χ0n) is 15.0. The van der Waals surface area contributed by atoms with Crippen LogP contribution in [-0.4, -0.2) is 16.0 Å². The molecular formula is C23H17ClN2O2. The molecule has 0 unspecified atom stereocenters. The van der Waals surface area contributed by atoms with E-state index in [0.717, 1.165) is 11.1 Å². The van der Waals surface area contributed by atoms with E-state index in [4.69, 9.17) is 21.3 Å². The van der Waals surface area contributed by atoms with Crippen molar-refractivity contribution in [3.8, 4) is 28.5 Å². The van der Waals surface area contributed by atoms with Crippen LogP contribution in [0.2, 0.25) is 5.02 Å². The maximum atomic E-state index is 11.3. The summed E-state index contributed by atoms with van der Waals surface area (Å²) in [4.78, 5) is 16.1. The van der Waals surface area contributed by atoms with Gasteiger partial charge < -0.3 is 4.74 Å². The van der Waals surface area contributed by atoms with Crippen LogP contribution in [0.1, 0.15) is 5.56 Å². The van der Waals surface area contributed by atoms with Crippen molar-refractivity contribution in [2.45, 2.75) is 6.54 Å². The van der Waals surface area contributed by atoms with Crippen LogP contribution in [0.3, 0.4) is 0 Å². The van der Waals surface area contributed by atoms with Crippen molar-refractivity contribution in [1.29, 1.82) is 0 Å². The average Bonchev–Trinajstić information content (AvgIpc) is 3.08. The Kier molecular flexibility index (Phi) is 5.22. The van der Waals surface area contributed by atoms with Gasteiger partial charge in [-0.25, -0.2) is 4.98 Å². The number of imidazole rings is 1. The van der Waals surface area contributed by atoms with E-state index in [-0.39, 0.29) is 0 Å². The van der Waals surface area contributed by atoms with E-state index in [1.807, 2.05) is 83.4 Å². The lowest BCUT2D eigenvalue weighted by Gasteiger charge is -2.11. The Balaban J connectivity index is 1.95. The van der Waals surface area contributed by atoms with Gasteiger partial charge in [0.15, 0.2) is 0 Å². The third-order valence-electron chi connectivity index (χ3n) is 4.43. The number of ether oxygens (including phenoxy) is 1. The van der Waals surface area contributed by atoms with Gasteiger partial charge in [0, 0.05) is 11.1 Å². The molecule has 28 heavy (non-hydrogen) atoms. The second-order valence-corrected chi connectivity index (χ2v) is 6.63. The first-order valence-corrected chi connectivity index (χ1v) is 9.21. The quantitative estimate of drug-likeness (QED) is 0.412. The van der Waals surface area contributed by atoms with Crippen molar-refractivity contribution in [2.24, 2.45) is 0 Å². The standard InChI is InChI=1S/C23H17ClN2O2/c24-20-14-8-7-13-19(20)21-23(28-16-27)26(15-17-9-3-1-4-10-17)22(25-21)18-11-5-2-6-12-18/h1-14,16H,15H2. The molecule has 0 N–H and O–H groups in total. The van der Waals surface area contributed by atoms with Crippen LogP contribution in [0.4, 0.5) is 0 Å². The smallest absolute Gasteiger partial charge is 0.299 e. The molecule has 0 spiro atoms. The van der Waals surface area contributed by atoms with Gasteiger partial charge in [-0.05, 0) is 11.6 Å². The van der Waals surface area contributed by atoms with Crippen LogP contribution < -0.4 is 4.74 Å². The topological polar surface area (TPSA) is 44.1 Å². The summed E-state index contributed by atoms with van der Waals surface area (Å²) in [6, 6.07) is 27.2. The molecule has 138 valence electrons. The van der Waals surface area contributed by atoms with E-state index in [2.05, 4.69) is 0 Å². The third kappa shape index (κ3) is 3.55. The Morgan fingerprint density at radius 2 is 1.54 bits per heavy atom. The van der Waals surface area contributed by atoms with Crippen LogP contribution in [0.15, 0.2) is 84.9 Å². The molecule has 1 aromatic heterocycles. The molecule has 0 amide bonds. The molecule has 0 aliphatic rings. The van der Waals surface area contributed by atoms with Gasteiger partial charge in [0.05, 0.1) is 11.6 Å². The molecule has 0 fully saturated rings. The number of benzene rings is 3. The van der Waals surface area contributed by atoms with Gasteiger partial charge in [-0.1, -0.05) is 90.5 Å². The summed E-state index contributed by atoms with van der Waals surface area (Å²) in [6.07, 6.45) is 0. The van der Waals surface area contributed by atoms with Gasteiger partial charge in [0.1, 0.15) is 11.5 Å². The van der Waals surface area contributed by atoms with E-state index in [1.54, 1.807) is 6.07 Å². The molecule has 4 rings (SSSR count). The van der Waals surface area contributed by atoms with Gasteiger partial charge >= 0.3 is 0 Å². The number of nitrogens with zero attached hydrogens (tertiary/aromatic N) is 2. The van der Waals surface area contributed by atoms with Crippen molar-refractivity contribution in [3.05, 3.63) is 95.5 Å². The van der Waals surface area contributed by atoms with Gasteiger partial charge in [-0.2, -0.15) is 0 Å². The van der Waals surface area contributed by atoms with Gasteiger partial charge in [0.25, 0.3) is 6.47 Å². The highest BCUT2D eigenvalue weighted by atomic mass is 35.5. The number of aromatic nitrogens is 2. The average molecular weight is 389 g/mol. The van der Waals surface area contributed by atoms with Crippen molar-refractivity contribution < 1.29 is 9.53 Å². The molecule has 5 heteroatoms. The predicted molar refractivity (Wildman–Crippen MR) is 110 cm³/mol. The maximum absolute atomic E-state index is 11.3. The Morgan fingerprint density at radius 1 is 0.893 bits per heavy atom. The lowest BCUT2D eigenvalue weighted by atomic mass is 10.1. The van der Waals surface area contributed by atoms with Gasteiger partial charge in [-0.15, -0.1) is 0 Å². The zero-order chi connectivity index (χ0) is 19.3. The summed E-state index contributed by atoms with van der Waals surface area (Å²) in [6.45, 7) is 0.930. The van der Waals surface area contributed by atoms with E-state index < -0.39 is 0 Å². The number of hydrogen-bond donors (Lipinski definition) is 0. The lowest BCUT2D eigenvalue weighted by molar-refractivity contribution is -0.121. The van der Waals surface area contributed by atoms with Crippen LogP contribution in [0.5, 0.6) is 5.88 Å². The molecule has 0 bridgehead atoms. The van der Waals surface area contributed by atoms with Crippen molar-refractivity contribution in [3.63, 3.8) is 0 Å². The summed E-state index contributed by atoms with van der Waals surface area (Å²) in [5, 5.41) is 0.544. The number of halogens is 1. The number of carbonyl (C=O) groups is 1. The Bertz CT molecular complexity index is 1090. The van der Waals surface area contributed by atoms with Crippen LogP contribution in [0.25, 0.3) is 22.6 Å². The molecule has 0 saturated carbocycles. The first-order valence-electron chi connectivity index (χ1n) is 8.83. The summed E-state index contributed by atoms with van der Waals surface area (Å²) in [7, 11) is 0. The summed E-state index contributed by atoms with van der Waals surface area (Å²) < 4.78 is 7.31. The Labute approximate surface area is 168 Å². The molecule has 4 aromatic rings. The molecule has 0 atom stereocenters. The number of rotatable bonds is 6. The SMILES string of the molecule is O=COc1c(-c2ccccc2Cl)nc(-c2ccccc2)n1Cc1ccccc1. The van der Waals surface area contributed by atoms with Crippen LogP contribution in [0, 0.1) is 0 Å². The van der Waals surface area contributed by atoms with E-state index in [1.165, 1.54) is 0 Å². The fourth-order valence-electron chi connectivity index (χ4n) is 3.15. The number of carbonyl (C=O) groups excluding carboxylic acids is 1. The minimum absolute atomic E-state index is 0.366. The highest BCUT2D eigenvalue weighted by Crippen LogP contribution is 2.38. The van der Waals surface area contributed by atoms with Crippen molar-refractivity contribution >= 4 is 18.1 Å². The number of hydrogen-bond acceptors (Lipinski definition) is 3. The minimum atomic E-state index is 0.366. The third-order valence-corrected chi connectivity index (χ3v) is 4.75. The monoisotopic (exact) mass is 388 g/mol. The van der Waals surface area contributed by atoms with E-state index >= 15 is 0 Å². The molecule has 3 aromatic carbocycles. The predicted octanol–water partition coefficient (Wildman–Crippen LogP) is 5.45. The summed E-state index contributed by atoms with van der Waals surface area (Å²) >= 11 is 6.41. The minimum Gasteiger partial charge on any atom is -0.409 e. The first kappa shape index (κ1) is 18.0. The second-order valence-electron chi connectivity index (χ2n) is 6.22. The zero-order valence-corrected chi connectivity index (χ0v) is 15.7.